The number of carbonyl (C=O) groups is 3. The lowest BCUT2D eigenvalue weighted by Gasteiger charge is -2.12. The quantitative estimate of drug-likeness (QED) is 0.701. The van der Waals surface area contributed by atoms with Crippen molar-refractivity contribution in [3.63, 3.8) is 0 Å². The smallest absolute Gasteiger partial charge is 0.326 e. The predicted molar refractivity (Wildman–Crippen MR) is 64.1 cm³/mol. The maximum absolute atomic E-state index is 11.8. The van der Waals surface area contributed by atoms with E-state index in [2.05, 4.69) is 5.32 Å². The van der Waals surface area contributed by atoms with Gasteiger partial charge < -0.3 is 16.2 Å². The number of hydrogen-bond acceptors (Lipinski definition) is 3. The number of benzene rings is 1. The summed E-state index contributed by atoms with van der Waals surface area (Å²) < 4.78 is 0. The minimum Gasteiger partial charge on any atom is -0.480 e. The molecule has 96 valence electrons. The number of rotatable bonds is 5. The summed E-state index contributed by atoms with van der Waals surface area (Å²) in [6.45, 7) is 1.65. The topological polar surface area (TPSA) is 109 Å². The number of carboxylic acids is 1. The molecular weight excluding hydrogens is 236 g/mol. The summed E-state index contributed by atoms with van der Waals surface area (Å²) in [4.78, 5) is 33.5. The monoisotopic (exact) mass is 250 g/mol. The fourth-order valence-corrected chi connectivity index (χ4v) is 1.39. The van der Waals surface area contributed by atoms with Crippen molar-refractivity contribution in [1.29, 1.82) is 0 Å². The van der Waals surface area contributed by atoms with Crippen LogP contribution in [0.25, 0.3) is 0 Å². The lowest BCUT2D eigenvalue weighted by molar-refractivity contribution is -0.139. The number of primary amides is 1. The average molecular weight is 250 g/mol. The summed E-state index contributed by atoms with van der Waals surface area (Å²) in [5, 5.41) is 11.2. The Labute approximate surface area is 104 Å². The summed E-state index contributed by atoms with van der Waals surface area (Å²) >= 11 is 0. The van der Waals surface area contributed by atoms with Gasteiger partial charge in [0, 0.05) is 11.1 Å². The first kappa shape index (κ1) is 13.7. The van der Waals surface area contributed by atoms with Gasteiger partial charge in [-0.15, -0.1) is 0 Å². The number of hydrogen-bond donors (Lipinski definition) is 3. The molecule has 0 saturated heterocycles. The molecule has 6 nitrogen and oxygen atoms in total. The van der Waals surface area contributed by atoms with Crippen LogP contribution in [-0.4, -0.2) is 28.9 Å². The molecule has 1 unspecified atom stereocenters. The lowest BCUT2D eigenvalue weighted by atomic mass is 10.1. The van der Waals surface area contributed by atoms with Crippen molar-refractivity contribution in [2.75, 3.05) is 0 Å². The maximum Gasteiger partial charge on any atom is 0.326 e. The molecule has 1 atom stereocenters. The summed E-state index contributed by atoms with van der Waals surface area (Å²) in [6.07, 6.45) is 0.274. The largest absolute Gasteiger partial charge is 0.480 e. The number of aliphatic carboxylic acids is 1. The van der Waals surface area contributed by atoms with E-state index in [0.717, 1.165) is 0 Å². The molecule has 0 radical (unpaired) electrons. The first-order valence-electron chi connectivity index (χ1n) is 5.39. The summed E-state index contributed by atoms with van der Waals surface area (Å²) in [6, 6.07) is 4.85. The van der Waals surface area contributed by atoms with Gasteiger partial charge in [0.1, 0.15) is 6.04 Å². The first-order chi connectivity index (χ1) is 8.45. The van der Waals surface area contributed by atoms with E-state index in [-0.39, 0.29) is 17.5 Å². The van der Waals surface area contributed by atoms with Crippen molar-refractivity contribution < 1.29 is 19.5 Å². The third kappa shape index (κ3) is 3.31. The van der Waals surface area contributed by atoms with Crippen molar-refractivity contribution in [1.82, 2.24) is 5.32 Å². The molecule has 0 fully saturated rings. The van der Waals surface area contributed by atoms with E-state index in [0.29, 0.717) is 0 Å². The van der Waals surface area contributed by atoms with E-state index >= 15 is 0 Å². The van der Waals surface area contributed by atoms with Crippen molar-refractivity contribution in [2.45, 2.75) is 19.4 Å². The van der Waals surface area contributed by atoms with Crippen LogP contribution >= 0.6 is 0 Å². The van der Waals surface area contributed by atoms with E-state index in [1.54, 1.807) is 6.92 Å². The summed E-state index contributed by atoms with van der Waals surface area (Å²) in [5.41, 5.74) is 5.49. The maximum atomic E-state index is 11.8. The van der Waals surface area contributed by atoms with Crippen LogP contribution in [0, 0.1) is 0 Å². The van der Waals surface area contributed by atoms with E-state index in [9.17, 15) is 14.4 Å². The van der Waals surface area contributed by atoms with E-state index in [1.807, 2.05) is 0 Å². The van der Waals surface area contributed by atoms with Crippen molar-refractivity contribution >= 4 is 17.8 Å². The van der Waals surface area contributed by atoms with Crippen LogP contribution in [-0.2, 0) is 4.79 Å². The van der Waals surface area contributed by atoms with Crippen LogP contribution in [0.1, 0.15) is 34.1 Å². The third-order valence-corrected chi connectivity index (χ3v) is 2.42. The normalized spacial score (nSPS) is 11.6. The molecular formula is C12H14N2O4. The number of nitrogens with two attached hydrogens (primary N) is 1. The first-order valence-corrected chi connectivity index (χ1v) is 5.39. The zero-order valence-electron chi connectivity index (χ0n) is 9.84. The van der Waals surface area contributed by atoms with Gasteiger partial charge >= 0.3 is 5.97 Å². The second kappa shape index (κ2) is 5.81. The Bertz CT molecular complexity index is 485. The predicted octanol–water partition coefficient (Wildman–Crippen LogP) is 0.378. The second-order valence-corrected chi connectivity index (χ2v) is 3.72. The Kier molecular flexibility index (Phi) is 4.42. The molecule has 0 aliphatic heterocycles. The Morgan fingerprint density at radius 2 is 1.94 bits per heavy atom. The molecule has 0 aromatic heterocycles. The summed E-state index contributed by atoms with van der Waals surface area (Å²) in [7, 11) is 0. The zero-order valence-corrected chi connectivity index (χ0v) is 9.84. The van der Waals surface area contributed by atoms with Gasteiger partial charge in [0.15, 0.2) is 0 Å². The molecule has 0 spiro atoms. The minimum atomic E-state index is -1.10. The Morgan fingerprint density at radius 3 is 2.44 bits per heavy atom. The zero-order chi connectivity index (χ0) is 13.7. The van der Waals surface area contributed by atoms with Crippen molar-refractivity contribution in [3.8, 4) is 0 Å². The fourth-order valence-electron chi connectivity index (χ4n) is 1.39. The highest BCUT2D eigenvalue weighted by Gasteiger charge is 2.18. The molecule has 0 heterocycles. The van der Waals surface area contributed by atoms with Crippen LogP contribution in [0.15, 0.2) is 24.3 Å². The number of carbonyl (C=O) groups excluding carboxylic acids is 2. The van der Waals surface area contributed by atoms with Crippen LogP contribution < -0.4 is 11.1 Å². The van der Waals surface area contributed by atoms with Crippen LogP contribution in [0.2, 0.25) is 0 Å². The van der Waals surface area contributed by atoms with E-state index in [4.69, 9.17) is 10.8 Å². The average Bonchev–Trinajstić information content (AvgIpc) is 2.35. The van der Waals surface area contributed by atoms with Crippen LogP contribution in [0.5, 0.6) is 0 Å². The number of nitrogens with one attached hydrogen (secondary N) is 1. The minimum absolute atomic E-state index is 0.200. The molecule has 1 aromatic carbocycles. The van der Waals surface area contributed by atoms with Gasteiger partial charge in [0.2, 0.25) is 5.91 Å². The van der Waals surface area contributed by atoms with Crippen molar-refractivity contribution in [2.24, 2.45) is 5.73 Å². The molecule has 0 saturated carbocycles. The molecule has 18 heavy (non-hydrogen) atoms. The molecule has 0 aliphatic rings. The van der Waals surface area contributed by atoms with Gasteiger partial charge in [-0.05, 0) is 24.6 Å². The molecule has 1 aromatic rings. The van der Waals surface area contributed by atoms with Crippen LogP contribution in [0.3, 0.4) is 0 Å². The molecule has 2 amide bonds. The lowest BCUT2D eigenvalue weighted by Crippen LogP contribution is -2.40. The summed E-state index contributed by atoms with van der Waals surface area (Å²) in [5.74, 6) is -2.29. The van der Waals surface area contributed by atoms with Gasteiger partial charge in [-0.2, -0.15) is 0 Å². The molecule has 4 N–H and O–H groups in total. The van der Waals surface area contributed by atoms with E-state index in [1.165, 1.54) is 24.3 Å². The fraction of sp³-hybridized carbons (Fsp3) is 0.250. The van der Waals surface area contributed by atoms with Gasteiger partial charge in [0.25, 0.3) is 5.91 Å². The Balaban J connectivity index is 2.87. The van der Waals surface area contributed by atoms with Gasteiger partial charge in [-0.25, -0.2) is 4.79 Å². The molecule has 0 bridgehead atoms. The van der Waals surface area contributed by atoms with Crippen molar-refractivity contribution in [3.05, 3.63) is 35.4 Å². The third-order valence-electron chi connectivity index (χ3n) is 2.42. The van der Waals surface area contributed by atoms with Gasteiger partial charge in [-0.1, -0.05) is 13.0 Å². The standard InChI is InChI=1S/C12H14N2O4/c1-2-9(12(17)18)14-11(16)8-5-3-4-7(6-8)10(13)15/h3-6,9H,2H2,1H3,(H2,13,15)(H,14,16)(H,17,18). The van der Waals surface area contributed by atoms with Crippen LogP contribution in [0.4, 0.5) is 0 Å². The Hall–Kier alpha value is -2.37. The Morgan fingerprint density at radius 1 is 1.33 bits per heavy atom. The molecule has 1 rings (SSSR count). The highest BCUT2D eigenvalue weighted by atomic mass is 16.4. The second-order valence-electron chi connectivity index (χ2n) is 3.72. The van der Waals surface area contributed by atoms with Gasteiger partial charge in [-0.3, -0.25) is 9.59 Å². The molecule has 0 aliphatic carbocycles. The highest BCUT2D eigenvalue weighted by molar-refractivity contribution is 6.00. The highest BCUT2D eigenvalue weighted by Crippen LogP contribution is 2.05. The van der Waals surface area contributed by atoms with Gasteiger partial charge in [0.05, 0.1) is 0 Å². The SMILES string of the molecule is CCC(NC(=O)c1cccc(C(N)=O)c1)C(=O)O. The van der Waals surface area contributed by atoms with E-state index < -0.39 is 23.8 Å². The number of amides is 2. The molecule has 6 heteroatoms. The number of carboxylic acid groups (broad SMARTS) is 1.